The van der Waals surface area contributed by atoms with Gasteiger partial charge in [0.25, 0.3) is 0 Å². The Kier molecular flexibility index (Phi) is 4.46. The number of rotatable bonds is 4. The van der Waals surface area contributed by atoms with Gasteiger partial charge in [0.2, 0.25) is 0 Å². The van der Waals surface area contributed by atoms with E-state index in [1.165, 1.54) is 37.7 Å². The van der Waals surface area contributed by atoms with Crippen molar-refractivity contribution in [3.05, 3.63) is 65.0 Å². The van der Waals surface area contributed by atoms with Gasteiger partial charge in [-0.1, -0.05) is 18.2 Å². The summed E-state index contributed by atoms with van der Waals surface area (Å²) in [6, 6.07) is 11.7. The molecule has 0 radical (unpaired) electrons. The second-order valence-electron chi connectivity index (χ2n) is 8.65. The SMILES string of the molecule is COC(=C1C2CC3CC(C2)CC1C3)c1ccc(/C=C/c2ccccn2)c(O)c1. The van der Waals surface area contributed by atoms with E-state index in [4.69, 9.17) is 4.74 Å². The van der Waals surface area contributed by atoms with E-state index in [1.807, 2.05) is 42.5 Å². The first-order valence-electron chi connectivity index (χ1n) is 10.4. The molecule has 1 N–H and O–H groups in total. The van der Waals surface area contributed by atoms with E-state index in [2.05, 4.69) is 11.1 Å². The van der Waals surface area contributed by atoms with Gasteiger partial charge < -0.3 is 9.84 Å². The third-order valence-corrected chi connectivity index (χ3v) is 6.90. The summed E-state index contributed by atoms with van der Waals surface area (Å²) in [6.45, 7) is 0. The highest BCUT2D eigenvalue weighted by molar-refractivity contribution is 5.74. The molecule has 6 rings (SSSR count). The van der Waals surface area contributed by atoms with E-state index in [0.29, 0.717) is 11.8 Å². The van der Waals surface area contributed by atoms with Crippen LogP contribution >= 0.6 is 0 Å². The van der Waals surface area contributed by atoms with Crippen LogP contribution in [0.4, 0.5) is 0 Å². The molecule has 4 saturated carbocycles. The third kappa shape index (κ3) is 3.13. The number of allylic oxidation sites excluding steroid dienone is 1. The largest absolute Gasteiger partial charge is 0.507 e. The summed E-state index contributed by atoms with van der Waals surface area (Å²) < 4.78 is 5.93. The Morgan fingerprint density at radius 1 is 1.00 bits per heavy atom. The molecule has 2 aromatic rings. The molecule has 0 aliphatic heterocycles. The minimum Gasteiger partial charge on any atom is -0.507 e. The molecule has 4 bridgehead atoms. The quantitative estimate of drug-likeness (QED) is 0.692. The van der Waals surface area contributed by atoms with Gasteiger partial charge in [-0.2, -0.15) is 0 Å². The fraction of sp³-hybridized carbons (Fsp3) is 0.400. The highest BCUT2D eigenvalue weighted by atomic mass is 16.5. The average molecular weight is 373 g/mol. The van der Waals surface area contributed by atoms with E-state index in [-0.39, 0.29) is 5.75 Å². The van der Waals surface area contributed by atoms with Crippen LogP contribution in [0.15, 0.2) is 48.2 Å². The van der Waals surface area contributed by atoms with Crippen LogP contribution in [-0.4, -0.2) is 17.2 Å². The summed E-state index contributed by atoms with van der Waals surface area (Å²) in [7, 11) is 1.78. The monoisotopic (exact) mass is 373 g/mol. The Morgan fingerprint density at radius 2 is 1.75 bits per heavy atom. The van der Waals surface area contributed by atoms with E-state index in [9.17, 15) is 5.11 Å². The van der Waals surface area contributed by atoms with Crippen LogP contribution in [0.1, 0.15) is 48.9 Å². The topological polar surface area (TPSA) is 42.4 Å². The van der Waals surface area contributed by atoms with Crippen molar-refractivity contribution >= 4 is 17.9 Å². The zero-order valence-electron chi connectivity index (χ0n) is 16.3. The van der Waals surface area contributed by atoms with Crippen LogP contribution in [0.25, 0.3) is 17.9 Å². The number of phenolic OH excluding ortho intramolecular Hbond substituents is 1. The lowest BCUT2D eigenvalue weighted by atomic mass is 9.54. The van der Waals surface area contributed by atoms with Crippen LogP contribution in [0.3, 0.4) is 0 Å². The molecule has 0 atom stereocenters. The first kappa shape index (κ1) is 17.5. The fourth-order valence-corrected chi connectivity index (χ4v) is 5.94. The first-order chi connectivity index (χ1) is 13.7. The maximum Gasteiger partial charge on any atom is 0.125 e. The number of benzene rings is 1. The van der Waals surface area contributed by atoms with Gasteiger partial charge in [-0.3, -0.25) is 4.98 Å². The van der Waals surface area contributed by atoms with Gasteiger partial charge in [0.05, 0.1) is 12.8 Å². The zero-order valence-corrected chi connectivity index (χ0v) is 16.3. The Balaban J connectivity index is 1.46. The van der Waals surface area contributed by atoms with Crippen LogP contribution in [-0.2, 0) is 4.74 Å². The molecule has 1 aromatic heterocycles. The summed E-state index contributed by atoms with van der Waals surface area (Å²) in [4.78, 5) is 4.29. The Morgan fingerprint density at radius 3 is 2.36 bits per heavy atom. The van der Waals surface area contributed by atoms with Gasteiger partial charge >= 0.3 is 0 Å². The maximum absolute atomic E-state index is 10.6. The molecular formula is C25H27NO2. The molecule has 4 fully saturated rings. The van der Waals surface area contributed by atoms with Crippen LogP contribution in [0, 0.1) is 23.7 Å². The molecular weight excluding hydrogens is 346 g/mol. The average Bonchev–Trinajstić information content (AvgIpc) is 2.70. The number of aromatic hydroxyl groups is 1. The normalized spacial score (nSPS) is 28.1. The van der Waals surface area contributed by atoms with Crippen molar-refractivity contribution in [2.75, 3.05) is 7.11 Å². The van der Waals surface area contributed by atoms with Gasteiger partial charge in [-0.25, -0.2) is 0 Å². The van der Waals surface area contributed by atoms with Crippen molar-refractivity contribution < 1.29 is 9.84 Å². The van der Waals surface area contributed by atoms with Gasteiger partial charge in [0.15, 0.2) is 0 Å². The lowest BCUT2D eigenvalue weighted by Crippen LogP contribution is -2.40. The molecule has 3 nitrogen and oxygen atoms in total. The van der Waals surface area contributed by atoms with E-state index < -0.39 is 0 Å². The zero-order chi connectivity index (χ0) is 19.1. The minimum atomic E-state index is 0.281. The molecule has 4 aliphatic rings. The molecule has 144 valence electrons. The van der Waals surface area contributed by atoms with Crippen molar-refractivity contribution in [1.82, 2.24) is 4.98 Å². The van der Waals surface area contributed by atoms with Crippen LogP contribution in [0.5, 0.6) is 5.75 Å². The maximum atomic E-state index is 10.6. The molecule has 1 aromatic carbocycles. The summed E-state index contributed by atoms with van der Waals surface area (Å²) >= 11 is 0. The number of hydrogen-bond donors (Lipinski definition) is 1. The summed E-state index contributed by atoms with van der Waals surface area (Å²) in [5, 5.41) is 10.6. The minimum absolute atomic E-state index is 0.281. The molecule has 4 aliphatic carbocycles. The number of ether oxygens (including phenoxy) is 1. The Labute approximate surface area is 166 Å². The number of phenols is 1. The third-order valence-electron chi connectivity index (χ3n) is 6.90. The summed E-state index contributed by atoms with van der Waals surface area (Å²) in [6.07, 6.45) is 12.3. The van der Waals surface area contributed by atoms with E-state index in [1.54, 1.807) is 13.3 Å². The van der Waals surface area contributed by atoms with Crippen molar-refractivity contribution in [2.45, 2.75) is 32.1 Å². The smallest absolute Gasteiger partial charge is 0.125 e. The van der Waals surface area contributed by atoms with Gasteiger partial charge in [0.1, 0.15) is 11.5 Å². The lowest BCUT2D eigenvalue weighted by Gasteiger charge is -2.51. The Hall–Kier alpha value is -2.55. The van der Waals surface area contributed by atoms with Gasteiger partial charge in [-0.15, -0.1) is 0 Å². The Bertz CT molecular complexity index is 899. The molecule has 0 unspecified atom stereocenters. The summed E-state index contributed by atoms with van der Waals surface area (Å²) in [5.41, 5.74) is 4.18. The van der Waals surface area contributed by atoms with Gasteiger partial charge in [0, 0.05) is 17.3 Å². The predicted molar refractivity (Wildman–Crippen MR) is 112 cm³/mol. The standard InChI is InChI=1S/C25H27NO2/c1-28-25(24-20-11-16-10-17(13-20)14-21(24)12-16)19-6-5-18(23(27)15-19)7-8-22-4-2-3-9-26-22/h2-9,15-17,20-21,27H,10-14H2,1H3/b8-7+,25-24?. The second-order valence-corrected chi connectivity index (χ2v) is 8.65. The molecule has 0 amide bonds. The number of nitrogens with zero attached hydrogens (tertiary/aromatic N) is 1. The summed E-state index contributed by atoms with van der Waals surface area (Å²) in [5.74, 6) is 4.50. The van der Waals surface area contributed by atoms with Crippen LogP contribution < -0.4 is 0 Å². The number of methoxy groups -OCH3 is 1. The molecule has 28 heavy (non-hydrogen) atoms. The molecule has 0 spiro atoms. The van der Waals surface area contributed by atoms with Crippen molar-refractivity contribution in [1.29, 1.82) is 0 Å². The molecule has 1 heterocycles. The van der Waals surface area contributed by atoms with E-state index in [0.717, 1.165) is 34.4 Å². The predicted octanol–water partition coefficient (Wildman–Crippen LogP) is 5.77. The number of pyridine rings is 1. The highest BCUT2D eigenvalue weighted by Gasteiger charge is 2.46. The highest BCUT2D eigenvalue weighted by Crippen LogP contribution is 2.58. The fourth-order valence-electron chi connectivity index (χ4n) is 5.94. The molecule has 3 heteroatoms. The van der Waals surface area contributed by atoms with E-state index >= 15 is 0 Å². The molecule has 0 saturated heterocycles. The second kappa shape index (κ2) is 7.12. The first-order valence-corrected chi connectivity index (χ1v) is 10.4. The van der Waals surface area contributed by atoms with Gasteiger partial charge in [-0.05, 0) is 91.7 Å². The van der Waals surface area contributed by atoms with Crippen molar-refractivity contribution in [3.63, 3.8) is 0 Å². The lowest BCUT2D eigenvalue weighted by molar-refractivity contribution is 0.0675. The number of aromatic nitrogens is 1. The van der Waals surface area contributed by atoms with Crippen molar-refractivity contribution in [3.8, 4) is 5.75 Å². The van der Waals surface area contributed by atoms with Crippen LogP contribution in [0.2, 0.25) is 0 Å². The van der Waals surface area contributed by atoms with Crippen molar-refractivity contribution in [2.24, 2.45) is 23.7 Å². The number of hydrogen-bond acceptors (Lipinski definition) is 3.